The van der Waals surface area contributed by atoms with Crippen molar-refractivity contribution in [2.45, 2.75) is 32.5 Å². The van der Waals surface area contributed by atoms with Gasteiger partial charge in [0.1, 0.15) is 0 Å². The van der Waals surface area contributed by atoms with Gasteiger partial charge < -0.3 is 10.2 Å². The van der Waals surface area contributed by atoms with E-state index < -0.39 is 11.7 Å². The van der Waals surface area contributed by atoms with E-state index in [4.69, 9.17) is 0 Å². The normalized spacial score (nSPS) is 15.4. The maximum absolute atomic E-state index is 13.1. The average molecular weight is 286 g/mol. The van der Waals surface area contributed by atoms with Gasteiger partial charge in [-0.2, -0.15) is 13.2 Å². The van der Waals surface area contributed by atoms with Crippen LogP contribution in [0.5, 0.6) is 0 Å². The van der Waals surface area contributed by atoms with E-state index in [2.05, 4.69) is 5.32 Å². The Morgan fingerprint density at radius 1 is 1.30 bits per heavy atom. The Hall–Kier alpha value is -1.23. The van der Waals surface area contributed by atoms with Crippen LogP contribution in [0, 0.1) is 5.92 Å². The fourth-order valence-corrected chi connectivity index (χ4v) is 2.40. The lowest BCUT2D eigenvalue weighted by Crippen LogP contribution is -2.26. The minimum atomic E-state index is -4.30. The molecule has 0 amide bonds. The van der Waals surface area contributed by atoms with Crippen molar-refractivity contribution in [2.24, 2.45) is 5.92 Å². The van der Waals surface area contributed by atoms with Gasteiger partial charge in [-0.05, 0) is 50.4 Å². The number of hydrogen-bond donors (Lipinski definition) is 1. The average Bonchev–Trinajstić information content (AvgIpc) is 3.19. The zero-order valence-corrected chi connectivity index (χ0v) is 11.9. The van der Waals surface area contributed by atoms with Gasteiger partial charge in [-0.15, -0.1) is 0 Å². The molecule has 2 nitrogen and oxygen atoms in total. The summed E-state index contributed by atoms with van der Waals surface area (Å²) in [4.78, 5) is 2.04. The molecule has 1 N–H and O–H groups in total. The highest BCUT2D eigenvalue weighted by molar-refractivity contribution is 5.52. The molecular formula is C15H21F3N2. The van der Waals surface area contributed by atoms with Crippen LogP contribution in [0.4, 0.5) is 18.9 Å². The van der Waals surface area contributed by atoms with E-state index >= 15 is 0 Å². The molecule has 0 unspecified atom stereocenters. The Balaban J connectivity index is 2.29. The van der Waals surface area contributed by atoms with Crippen molar-refractivity contribution in [2.75, 3.05) is 25.0 Å². The van der Waals surface area contributed by atoms with Crippen LogP contribution in [-0.4, -0.2) is 20.1 Å². The number of rotatable bonds is 6. The topological polar surface area (TPSA) is 15.3 Å². The third-order valence-electron chi connectivity index (χ3n) is 3.69. The van der Waals surface area contributed by atoms with Crippen LogP contribution in [-0.2, 0) is 12.7 Å². The van der Waals surface area contributed by atoms with Gasteiger partial charge in [-0.25, -0.2) is 0 Å². The number of hydrogen-bond acceptors (Lipinski definition) is 2. The first-order valence-corrected chi connectivity index (χ1v) is 7.05. The first-order chi connectivity index (χ1) is 9.45. The van der Waals surface area contributed by atoms with Crippen molar-refractivity contribution in [1.29, 1.82) is 0 Å². The van der Waals surface area contributed by atoms with Crippen LogP contribution in [0.25, 0.3) is 0 Å². The summed E-state index contributed by atoms with van der Waals surface area (Å²) in [6, 6.07) is 4.68. The fourth-order valence-electron chi connectivity index (χ4n) is 2.40. The molecule has 0 aromatic heterocycles. The molecule has 0 spiro atoms. The molecule has 0 saturated heterocycles. The second-order valence-corrected chi connectivity index (χ2v) is 5.35. The van der Waals surface area contributed by atoms with Crippen molar-refractivity contribution < 1.29 is 13.2 Å². The van der Waals surface area contributed by atoms with Crippen LogP contribution in [0.15, 0.2) is 18.2 Å². The van der Waals surface area contributed by atoms with Crippen LogP contribution >= 0.6 is 0 Å². The van der Waals surface area contributed by atoms with Gasteiger partial charge in [-0.3, -0.25) is 0 Å². The highest BCUT2D eigenvalue weighted by atomic mass is 19.4. The van der Waals surface area contributed by atoms with Crippen LogP contribution < -0.4 is 10.2 Å². The highest BCUT2D eigenvalue weighted by Crippen LogP contribution is 2.36. The molecule has 1 aliphatic carbocycles. The minimum Gasteiger partial charge on any atom is -0.372 e. The van der Waals surface area contributed by atoms with Crippen LogP contribution in [0.3, 0.4) is 0 Å². The van der Waals surface area contributed by atoms with Gasteiger partial charge >= 0.3 is 6.18 Å². The first kappa shape index (κ1) is 15.2. The lowest BCUT2D eigenvalue weighted by atomic mass is 10.1. The van der Waals surface area contributed by atoms with Crippen molar-refractivity contribution in [3.05, 3.63) is 29.3 Å². The SMILES string of the molecule is CCN(CC1CC1)c1ccc(CNC)c(C(F)(F)F)c1. The van der Waals surface area contributed by atoms with Crippen LogP contribution in [0.2, 0.25) is 0 Å². The molecule has 2 rings (SSSR count). The Labute approximate surface area is 118 Å². The molecule has 1 saturated carbocycles. The smallest absolute Gasteiger partial charge is 0.372 e. The van der Waals surface area contributed by atoms with Gasteiger partial charge in [-0.1, -0.05) is 6.07 Å². The third-order valence-corrected chi connectivity index (χ3v) is 3.69. The Morgan fingerprint density at radius 2 is 2.00 bits per heavy atom. The molecule has 112 valence electrons. The van der Waals surface area contributed by atoms with Gasteiger partial charge in [0, 0.05) is 25.3 Å². The standard InChI is InChI=1S/C15H21F3N2/c1-3-20(10-11-4-5-11)13-7-6-12(9-19-2)14(8-13)15(16,17)18/h6-8,11,19H,3-5,9-10H2,1-2H3. The Bertz CT molecular complexity index is 453. The van der Waals surface area contributed by atoms with Crippen molar-refractivity contribution in [3.8, 4) is 0 Å². The third kappa shape index (κ3) is 3.66. The summed E-state index contributed by atoms with van der Waals surface area (Å²) in [5.74, 6) is 0.654. The zero-order valence-electron chi connectivity index (χ0n) is 11.9. The maximum Gasteiger partial charge on any atom is 0.416 e. The number of alkyl halides is 3. The fraction of sp³-hybridized carbons (Fsp3) is 0.600. The maximum atomic E-state index is 13.1. The number of benzene rings is 1. The Kier molecular flexibility index (Phi) is 4.58. The molecule has 0 heterocycles. The number of nitrogens with one attached hydrogen (secondary N) is 1. The van der Waals surface area contributed by atoms with E-state index in [-0.39, 0.29) is 6.54 Å². The van der Waals surface area contributed by atoms with Gasteiger partial charge in [0.05, 0.1) is 5.56 Å². The summed E-state index contributed by atoms with van der Waals surface area (Å²) in [7, 11) is 1.65. The van der Waals surface area contributed by atoms with Crippen molar-refractivity contribution in [1.82, 2.24) is 5.32 Å². The monoisotopic (exact) mass is 286 g/mol. The van der Waals surface area contributed by atoms with Gasteiger partial charge in [0.15, 0.2) is 0 Å². The van der Waals surface area contributed by atoms with E-state index in [0.29, 0.717) is 17.2 Å². The van der Waals surface area contributed by atoms with E-state index in [0.717, 1.165) is 13.1 Å². The van der Waals surface area contributed by atoms with E-state index in [1.54, 1.807) is 19.2 Å². The molecule has 5 heteroatoms. The molecule has 0 radical (unpaired) electrons. The Morgan fingerprint density at radius 3 is 2.50 bits per heavy atom. The largest absolute Gasteiger partial charge is 0.416 e. The molecule has 1 fully saturated rings. The summed E-state index contributed by atoms with van der Waals surface area (Å²) >= 11 is 0. The van der Waals surface area contributed by atoms with Crippen molar-refractivity contribution in [3.63, 3.8) is 0 Å². The van der Waals surface area contributed by atoms with E-state index in [9.17, 15) is 13.2 Å². The quantitative estimate of drug-likeness (QED) is 0.858. The van der Waals surface area contributed by atoms with E-state index in [1.807, 2.05) is 11.8 Å². The van der Waals surface area contributed by atoms with E-state index in [1.165, 1.54) is 18.9 Å². The summed E-state index contributed by atoms with van der Waals surface area (Å²) in [6.07, 6.45) is -1.91. The predicted octanol–water partition coefficient (Wildman–Crippen LogP) is 3.66. The molecule has 1 aliphatic rings. The van der Waals surface area contributed by atoms with Crippen LogP contribution in [0.1, 0.15) is 30.9 Å². The summed E-state index contributed by atoms with van der Waals surface area (Å²) in [5.41, 5.74) is 0.441. The first-order valence-electron chi connectivity index (χ1n) is 7.05. The number of anilines is 1. The molecule has 0 aliphatic heterocycles. The highest BCUT2D eigenvalue weighted by Gasteiger charge is 2.34. The zero-order chi connectivity index (χ0) is 14.8. The number of nitrogens with zero attached hydrogens (tertiary/aromatic N) is 1. The van der Waals surface area contributed by atoms with Crippen molar-refractivity contribution >= 4 is 5.69 Å². The molecule has 1 aromatic rings. The molecule has 0 atom stereocenters. The summed E-state index contributed by atoms with van der Waals surface area (Å²) < 4.78 is 39.4. The van der Waals surface area contributed by atoms with Gasteiger partial charge in [0.2, 0.25) is 0 Å². The minimum absolute atomic E-state index is 0.226. The summed E-state index contributed by atoms with van der Waals surface area (Å²) in [5, 5.41) is 2.79. The second-order valence-electron chi connectivity index (χ2n) is 5.35. The molecule has 20 heavy (non-hydrogen) atoms. The lowest BCUT2D eigenvalue weighted by Gasteiger charge is -2.25. The van der Waals surface area contributed by atoms with Gasteiger partial charge in [0.25, 0.3) is 0 Å². The second kappa shape index (κ2) is 6.04. The molecule has 0 bridgehead atoms. The predicted molar refractivity (Wildman–Crippen MR) is 74.8 cm³/mol. The molecule has 1 aromatic carbocycles. The number of halogens is 3. The molecular weight excluding hydrogens is 265 g/mol. The lowest BCUT2D eigenvalue weighted by molar-refractivity contribution is -0.138. The summed E-state index contributed by atoms with van der Waals surface area (Å²) in [6.45, 7) is 3.80.